The molecule has 27 heavy (non-hydrogen) atoms. The minimum absolute atomic E-state index is 0.165. The van der Waals surface area contributed by atoms with Gasteiger partial charge < -0.3 is 9.64 Å². The van der Waals surface area contributed by atoms with Gasteiger partial charge in [-0.15, -0.1) is 0 Å². The average molecular weight is 366 g/mol. The molecule has 0 saturated carbocycles. The summed E-state index contributed by atoms with van der Waals surface area (Å²) >= 11 is 0. The van der Waals surface area contributed by atoms with Gasteiger partial charge >= 0.3 is 0 Å². The number of piperidine rings is 1. The minimum Gasteiger partial charge on any atom is -0.385 e. The van der Waals surface area contributed by atoms with Crippen molar-refractivity contribution in [3.8, 4) is 11.1 Å². The molecule has 3 heteroatoms. The molecule has 1 atom stereocenters. The fourth-order valence-corrected chi connectivity index (χ4v) is 3.91. The van der Waals surface area contributed by atoms with Crippen molar-refractivity contribution in [1.29, 1.82) is 0 Å². The molecule has 2 aromatic rings. The van der Waals surface area contributed by atoms with Crippen molar-refractivity contribution in [3.05, 3.63) is 59.2 Å². The van der Waals surface area contributed by atoms with Gasteiger partial charge in [0.2, 0.25) is 0 Å². The number of methoxy groups -OCH3 is 1. The summed E-state index contributed by atoms with van der Waals surface area (Å²) in [6.45, 7) is 6.82. The highest BCUT2D eigenvalue weighted by Crippen LogP contribution is 2.25. The van der Waals surface area contributed by atoms with Gasteiger partial charge in [-0.3, -0.25) is 4.79 Å². The van der Waals surface area contributed by atoms with E-state index < -0.39 is 0 Å². The Hall–Kier alpha value is -2.13. The predicted octanol–water partition coefficient (Wildman–Crippen LogP) is 5.25. The first kappa shape index (κ1) is 19.6. The topological polar surface area (TPSA) is 29.5 Å². The number of hydrogen-bond donors (Lipinski definition) is 0. The average Bonchev–Trinajstić information content (AvgIpc) is 2.70. The van der Waals surface area contributed by atoms with Crippen LogP contribution < -0.4 is 0 Å². The number of aryl methyl sites for hydroxylation is 2. The Morgan fingerprint density at radius 1 is 1.07 bits per heavy atom. The predicted molar refractivity (Wildman–Crippen MR) is 111 cm³/mol. The van der Waals surface area contributed by atoms with Crippen molar-refractivity contribution in [1.82, 2.24) is 4.90 Å². The quantitative estimate of drug-likeness (QED) is 0.654. The monoisotopic (exact) mass is 365 g/mol. The summed E-state index contributed by atoms with van der Waals surface area (Å²) in [5.74, 6) is 0.769. The molecular weight excluding hydrogens is 334 g/mol. The molecule has 0 aliphatic carbocycles. The number of ether oxygens (including phenoxy) is 1. The maximum atomic E-state index is 12.9. The largest absolute Gasteiger partial charge is 0.385 e. The zero-order valence-corrected chi connectivity index (χ0v) is 16.8. The molecule has 0 radical (unpaired) electrons. The number of hydrogen-bond acceptors (Lipinski definition) is 2. The van der Waals surface area contributed by atoms with Gasteiger partial charge in [-0.1, -0.05) is 30.3 Å². The van der Waals surface area contributed by atoms with Crippen molar-refractivity contribution in [2.75, 3.05) is 26.8 Å². The third-order valence-electron chi connectivity index (χ3n) is 5.74. The molecule has 1 fully saturated rings. The van der Waals surface area contributed by atoms with E-state index in [-0.39, 0.29) is 5.91 Å². The molecule has 0 spiro atoms. The van der Waals surface area contributed by atoms with E-state index in [4.69, 9.17) is 4.74 Å². The Morgan fingerprint density at radius 3 is 2.52 bits per heavy atom. The highest BCUT2D eigenvalue weighted by atomic mass is 16.5. The maximum Gasteiger partial charge on any atom is 0.253 e. The maximum absolute atomic E-state index is 12.9. The fourth-order valence-electron chi connectivity index (χ4n) is 3.91. The number of carbonyl (C=O) groups is 1. The minimum atomic E-state index is 0.165. The zero-order chi connectivity index (χ0) is 19.2. The van der Waals surface area contributed by atoms with Crippen LogP contribution in [-0.2, 0) is 4.74 Å². The Labute approximate surface area is 163 Å². The molecule has 3 nitrogen and oxygen atoms in total. The zero-order valence-electron chi connectivity index (χ0n) is 16.8. The number of rotatable bonds is 6. The van der Waals surface area contributed by atoms with Gasteiger partial charge in [0, 0.05) is 32.4 Å². The summed E-state index contributed by atoms with van der Waals surface area (Å²) in [6.07, 6.45) is 4.54. The van der Waals surface area contributed by atoms with Crippen LogP contribution in [0.1, 0.15) is 47.2 Å². The SMILES string of the molecule is COCCC[C@H]1CCCN(C(=O)c2ccc(-c3ccc(C)c(C)c3)cc2)C1. The van der Waals surface area contributed by atoms with Crippen molar-refractivity contribution in [2.45, 2.75) is 39.5 Å². The second kappa shape index (κ2) is 9.18. The van der Waals surface area contributed by atoms with E-state index in [1.807, 2.05) is 17.0 Å². The molecule has 0 unspecified atom stereocenters. The first-order valence-electron chi connectivity index (χ1n) is 10.0. The number of nitrogens with zero attached hydrogens (tertiary/aromatic N) is 1. The van der Waals surface area contributed by atoms with Gasteiger partial charge in [-0.05, 0) is 79.8 Å². The van der Waals surface area contributed by atoms with Crippen molar-refractivity contribution in [2.24, 2.45) is 5.92 Å². The first-order chi connectivity index (χ1) is 13.1. The number of benzene rings is 2. The van der Waals surface area contributed by atoms with Crippen LogP contribution in [0, 0.1) is 19.8 Å². The van der Waals surface area contributed by atoms with Crippen molar-refractivity contribution >= 4 is 5.91 Å². The molecule has 0 bridgehead atoms. The van der Waals surface area contributed by atoms with Crippen LogP contribution in [-0.4, -0.2) is 37.6 Å². The van der Waals surface area contributed by atoms with Crippen molar-refractivity contribution in [3.63, 3.8) is 0 Å². The Bertz CT molecular complexity index is 766. The van der Waals surface area contributed by atoms with E-state index in [0.717, 1.165) is 50.1 Å². The van der Waals surface area contributed by atoms with Gasteiger partial charge in [0.15, 0.2) is 0 Å². The summed E-state index contributed by atoms with van der Waals surface area (Å²) in [4.78, 5) is 15.0. The lowest BCUT2D eigenvalue weighted by molar-refractivity contribution is 0.0660. The fraction of sp³-hybridized carbons (Fsp3) is 0.458. The molecular formula is C24H31NO2. The number of carbonyl (C=O) groups excluding carboxylic acids is 1. The van der Waals surface area contributed by atoms with Crippen LogP contribution in [0.4, 0.5) is 0 Å². The van der Waals surface area contributed by atoms with Gasteiger partial charge in [0.1, 0.15) is 0 Å². The summed E-state index contributed by atoms with van der Waals surface area (Å²) in [5.41, 5.74) is 5.75. The third-order valence-corrected chi connectivity index (χ3v) is 5.74. The highest BCUT2D eigenvalue weighted by molar-refractivity contribution is 5.94. The molecule has 144 valence electrons. The van der Waals surface area contributed by atoms with Crippen LogP contribution in [0.2, 0.25) is 0 Å². The Morgan fingerprint density at radius 2 is 1.81 bits per heavy atom. The number of likely N-dealkylation sites (tertiary alicyclic amines) is 1. The molecule has 1 saturated heterocycles. The van der Waals surface area contributed by atoms with Crippen molar-refractivity contribution < 1.29 is 9.53 Å². The van der Waals surface area contributed by atoms with Gasteiger partial charge in [-0.25, -0.2) is 0 Å². The summed E-state index contributed by atoms with van der Waals surface area (Å²) in [6, 6.07) is 14.6. The second-order valence-corrected chi connectivity index (χ2v) is 7.77. The molecule has 2 aromatic carbocycles. The Kier molecular flexibility index (Phi) is 6.68. The lowest BCUT2D eigenvalue weighted by atomic mass is 9.93. The van der Waals surface area contributed by atoms with Crippen LogP contribution in [0.15, 0.2) is 42.5 Å². The standard InChI is InChI=1S/C24H31NO2/c1-18-8-9-23(16-19(18)2)21-10-12-22(13-11-21)24(26)25-14-4-6-20(17-25)7-5-15-27-3/h8-13,16,20H,4-7,14-15,17H2,1-3H3/t20-/m1/s1. The van der Waals surface area contributed by atoms with E-state index in [2.05, 4.69) is 44.2 Å². The van der Waals surface area contributed by atoms with E-state index in [1.54, 1.807) is 7.11 Å². The molecule has 0 N–H and O–H groups in total. The van der Waals surface area contributed by atoms with E-state index in [1.165, 1.54) is 23.1 Å². The van der Waals surface area contributed by atoms with E-state index in [0.29, 0.717) is 5.92 Å². The second-order valence-electron chi connectivity index (χ2n) is 7.77. The molecule has 1 aliphatic rings. The summed E-state index contributed by atoms with van der Waals surface area (Å²) < 4.78 is 5.16. The molecule has 3 rings (SSSR count). The molecule has 0 aromatic heterocycles. The third kappa shape index (κ3) is 4.98. The van der Waals surface area contributed by atoms with Crippen LogP contribution >= 0.6 is 0 Å². The molecule has 1 amide bonds. The van der Waals surface area contributed by atoms with Gasteiger partial charge in [0.05, 0.1) is 0 Å². The smallest absolute Gasteiger partial charge is 0.253 e. The summed E-state index contributed by atoms with van der Waals surface area (Å²) in [7, 11) is 1.75. The van der Waals surface area contributed by atoms with Crippen LogP contribution in [0.25, 0.3) is 11.1 Å². The van der Waals surface area contributed by atoms with E-state index >= 15 is 0 Å². The first-order valence-corrected chi connectivity index (χ1v) is 10.0. The molecule has 1 heterocycles. The normalized spacial score (nSPS) is 17.1. The Balaban J connectivity index is 1.65. The van der Waals surface area contributed by atoms with E-state index in [9.17, 15) is 4.79 Å². The lowest BCUT2D eigenvalue weighted by Crippen LogP contribution is -2.40. The van der Waals surface area contributed by atoms with Gasteiger partial charge in [-0.2, -0.15) is 0 Å². The van der Waals surface area contributed by atoms with Gasteiger partial charge in [0.25, 0.3) is 5.91 Å². The van der Waals surface area contributed by atoms with Crippen LogP contribution in [0.3, 0.4) is 0 Å². The lowest BCUT2D eigenvalue weighted by Gasteiger charge is -2.33. The highest BCUT2D eigenvalue weighted by Gasteiger charge is 2.24. The molecule has 1 aliphatic heterocycles. The van der Waals surface area contributed by atoms with Crippen LogP contribution in [0.5, 0.6) is 0 Å². The number of amides is 1. The summed E-state index contributed by atoms with van der Waals surface area (Å²) in [5, 5.41) is 0.